The van der Waals surface area contributed by atoms with Crippen molar-refractivity contribution < 1.29 is 39.6 Å². The molecule has 1 aromatic rings. The SMILES string of the molecule is O=C(CCC/C=C\C[C@@H]1[C@@H](CC[C@@H](O)CCc2ccccc2)[C@H](O)C[C@@H]1O)NCC(=O)OCCCO[N+](=O)[O-]. The number of allylic oxidation sites excluding steroid dienone is 2. The standard InChI is InChI=1S/C28H42N2O9/c31-22(14-13-21-9-4-3-5-10-21)15-16-24-23(25(32)19-26(24)33)11-6-1-2-7-12-27(34)29-20-28(35)38-17-8-18-39-30(36)37/h1,3-6,9-10,22-26,31-33H,2,7-8,11-20H2,(H,29,34)/b6-1-/t22-,23+,24+,25-,26+/m0/s1. The maximum atomic E-state index is 11.9. The lowest BCUT2D eigenvalue weighted by molar-refractivity contribution is -0.757. The van der Waals surface area contributed by atoms with Crippen molar-refractivity contribution in [3.63, 3.8) is 0 Å². The van der Waals surface area contributed by atoms with Crippen LogP contribution >= 0.6 is 0 Å². The summed E-state index contributed by atoms with van der Waals surface area (Å²) >= 11 is 0. The van der Waals surface area contributed by atoms with Crippen molar-refractivity contribution in [1.29, 1.82) is 0 Å². The number of carbonyl (C=O) groups is 2. The van der Waals surface area contributed by atoms with Gasteiger partial charge in [-0.2, -0.15) is 0 Å². The van der Waals surface area contributed by atoms with Gasteiger partial charge < -0.3 is 30.2 Å². The molecule has 0 aromatic heterocycles. The van der Waals surface area contributed by atoms with Crippen LogP contribution in [0.2, 0.25) is 0 Å². The minimum atomic E-state index is -0.918. The lowest BCUT2D eigenvalue weighted by atomic mass is 9.85. The normalized spacial score (nSPS) is 21.5. The lowest BCUT2D eigenvalue weighted by Crippen LogP contribution is -2.30. The summed E-state index contributed by atoms with van der Waals surface area (Å²) in [4.78, 5) is 37.6. The van der Waals surface area contributed by atoms with E-state index in [-0.39, 0.29) is 50.3 Å². The van der Waals surface area contributed by atoms with E-state index >= 15 is 0 Å². The minimum Gasteiger partial charge on any atom is -0.464 e. The van der Waals surface area contributed by atoms with E-state index in [4.69, 9.17) is 4.74 Å². The first kappa shape index (κ1) is 32.2. The molecule has 39 heavy (non-hydrogen) atoms. The molecule has 0 unspecified atom stereocenters. The van der Waals surface area contributed by atoms with Crippen LogP contribution < -0.4 is 5.32 Å². The molecule has 1 saturated carbocycles. The molecule has 0 saturated heterocycles. The Morgan fingerprint density at radius 1 is 1.08 bits per heavy atom. The number of hydrogen-bond acceptors (Lipinski definition) is 9. The predicted molar refractivity (Wildman–Crippen MR) is 143 cm³/mol. The summed E-state index contributed by atoms with van der Waals surface area (Å²) < 4.78 is 4.85. The van der Waals surface area contributed by atoms with E-state index in [1.807, 2.05) is 42.5 Å². The number of aliphatic hydroxyl groups excluding tert-OH is 3. The van der Waals surface area contributed by atoms with Crippen molar-refractivity contribution in [2.24, 2.45) is 11.8 Å². The van der Waals surface area contributed by atoms with Gasteiger partial charge in [0.05, 0.1) is 31.5 Å². The van der Waals surface area contributed by atoms with Crippen LogP contribution in [0.5, 0.6) is 0 Å². The van der Waals surface area contributed by atoms with E-state index in [0.29, 0.717) is 44.9 Å². The van der Waals surface area contributed by atoms with Crippen molar-refractivity contribution in [1.82, 2.24) is 5.32 Å². The van der Waals surface area contributed by atoms with Crippen molar-refractivity contribution in [3.05, 3.63) is 58.2 Å². The molecule has 11 nitrogen and oxygen atoms in total. The fraction of sp³-hybridized carbons (Fsp3) is 0.643. The average Bonchev–Trinajstić information content (AvgIpc) is 3.18. The van der Waals surface area contributed by atoms with E-state index < -0.39 is 29.4 Å². The van der Waals surface area contributed by atoms with Gasteiger partial charge in [0.25, 0.3) is 5.09 Å². The molecule has 0 aliphatic heterocycles. The molecule has 0 radical (unpaired) electrons. The van der Waals surface area contributed by atoms with E-state index in [9.17, 15) is 35.0 Å². The highest BCUT2D eigenvalue weighted by atomic mass is 16.9. The van der Waals surface area contributed by atoms with Crippen LogP contribution in [0.3, 0.4) is 0 Å². The van der Waals surface area contributed by atoms with Crippen molar-refractivity contribution in [3.8, 4) is 0 Å². The van der Waals surface area contributed by atoms with Crippen molar-refractivity contribution in [2.45, 2.75) is 82.5 Å². The number of carbonyl (C=O) groups excluding carboxylic acids is 2. The van der Waals surface area contributed by atoms with E-state index in [1.165, 1.54) is 5.56 Å². The Morgan fingerprint density at radius 3 is 2.56 bits per heavy atom. The number of rotatable bonds is 19. The van der Waals surface area contributed by atoms with Crippen molar-refractivity contribution in [2.75, 3.05) is 19.8 Å². The van der Waals surface area contributed by atoms with Crippen LogP contribution in [0.15, 0.2) is 42.5 Å². The van der Waals surface area contributed by atoms with Crippen molar-refractivity contribution >= 4 is 11.9 Å². The molecule has 5 atom stereocenters. The Morgan fingerprint density at radius 2 is 1.82 bits per heavy atom. The summed E-state index contributed by atoms with van der Waals surface area (Å²) in [5.41, 5.74) is 1.19. The quantitative estimate of drug-likeness (QED) is 0.0665. The molecule has 1 aromatic carbocycles. The Hall–Kier alpha value is -3.02. The molecule has 1 fully saturated rings. The third-order valence-corrected chi connectivity index (χ3v) is 6.99. The first-order valence-corrected chi connectivity index (χ1v) is 13.7. The van der Waals surface area contributed by atoms with Gasteiger partial charge >= 0.3 is 5.97 Å². The Kier molecular flexibility index (Phi) is 15.1. The minimum absolute atomic E-state index is 0.0320. The number of aryl methyl sites for hydroxylation is 1. The predicted octanol–water partition coefficient (Wildman–Crippen LogP) is 2.49. The molecule has 4 N–H and O–H groups in total. The maximum absolute atomic E-state index is 11.9. The number of nitrogens with zero attached hydrogens (tertiary/aromatic N) is 1. The van der Waals surface area contributed by atoms with E-state index in [0.717, 1.165) is 6.42 Å². The number of hydrogen-bond donors (Lipinski definition) is 4. The lowest BCUT2D eigenvalue weighted by Gasteiger charge is -2.23. The van der Waals surface area contributed by atoms with Crippen LogP contribution in [0.25, 0.3) is 0 Å². The second kappa shape index (κ2) is 18.3. The highest BCUT2D eigenvalue weighted by Crippen LogP contribution is 2.38. The molecule has 218 valence electrons. The highest BCUT2D eigenvalue weighted by Gasteiger charge is 2.40. The van der Waals surface area contributed by atoms with Crippen LogP contribution in [0.1, 0.15) is 63.4 Å². The monoisotopic (exact) mass is 550 g/mol. The average molecular weight is 551 g/mol. The summed E-state index contributed by atoms with van der Waals surface area (Å²) in [5, 5.41) is 42.9. The van der Waals surface area contributed by atoms with Gasteiger partial charge in [-0.1, -0.05) is 42.5 Å². The number of nitrogens with one attached hydrogen (secondary N) is 1. The van der Waals surface area contributed by atoms with Gasteiger partial charge in [-0.3, -0.25) is 9.59 Å². The number of aliphatic hydroxyl groups is 3. The molecule has 0 bridgehead atoms. The third kappa shape index (κ3) is 13.6. The van der Waals surface area contributed by atoms with Crippen LogP contribution in [-0.4, -0.2) is 70.4 Å². The molecule has 1 aliphatic carbocycles. The Labute approximate surface area is 229 Å². The zero-order valence-corrected chi connectivity index (χ0v) is 22.4. The molecular weight excluding hydrogens is 508 g/mol. The van der Waals surface area contributed by atoms with E-state index in [1.54, 1.807) is 0 Å². The summed E-state index contributed by atoms with van der Waals surface area (Å²) in [6.07, 6.45) is 7.65. The molecule has 11 heteroatoms. The number of esters is 1. The summed E-state index contributed by atoms with van der Waals surface area (Å²) in [6, 6.07) is 10.0. The first-order valence-electron chi connectivity index (χ1n) is 13.7. The molecule has 2 rings (SSSR count). The van der Waals surface area contributed by atoms with Gasteiger partial charge in [0, 0.05) is 12.8 Å². The number of unbranched alkanes of at least 4 members (excludes halogenated alkanes) is 1. The van der Waals surface area contributed by atoms with Gasteiger partial charge in [-0.25, -0.2) is 0 Å². The first-order chi connectivity index (χ1) is 18.8. The van der Waals surface area contributed by atoms with Crippen LogP contribution in [0.4, 0.5) is 0 Å². The van der Waals surface area contributed by atoms with Crippen LogP contribution in [-0.2, 0) is 25.6 Å². The fourth-order valence-corrected chi connectivity index (χ4v) is 4.86. The largest absolute Gasteiger partial charge is 0.464 e. The highest BCUT2D eigenvalue weighted by molar-refractivity contribution is 5.81. The van der Waals surface area contributed by atoms with E-state index in [2.05, 4.69) is 10.2 Å². The number of amides is 1. The summed E-state index contributed by atoms with van der Waals surface area (Å²) in [5.74, 6) is -1.04. The van der Waals surface area contributed by atoms with Gasteiger partial charge in [0.1, 0.15) is 6.54 Å². The number of ether oxygens (including phenoxy) is 1. The van der Waals surface area contributed by atoms with Gasteiger partial charge in [-0.15, -0.1) is 10.1 Å². The second-order valence-electron chi connectivity index (χ2n) is 9.96. The molecular formula is C28H42N2O9. The zero-order chi connectivity index (χ0) is 28.5. The molecule has 1 aliphatic rings. The topological polar surface area (TPSA) is 168 Å². The van der Waals surface area contributed by atoms with Gasteiger partial charge in [-0.05, 0) is 68.8 Å². The number of benzene rings is 1. The maximum Gasteiger partial charge on any atom is 0.325 e. The fourth-order valence-electron chi connectivity index (χ4n) is 4.86. The third-order valence-electron chi connectivity index (χ3n) is 6.99. The smallest absolute Gasteiger partial charge is 0.325 e. The molecule has 1 amide bonds. The van der Waals surface area contributed by atoms with Crippen LogP contribution in [0, 0.1) is 22.0 Å². The molecule has 0 spiro atoms. The van der Waals surface area contributed by atoms with Gasteiger partial charge in [0.2, 0.25) is 5.91 Å². The Bertz CT molecular complexity index is 896. The Balaban J connectivity index is 1.58. The summed E-state index contributed by atoms with van der Waals surface area (Å²) in [6.45, 7) is -0.468. The zero-order valence-electron chi connectivity index (χ0n) is 22.4. The molecule has 0 heterocycles. The van der Waals surface area contributed by atoms with Gasteiger partial charge in [0.15, 0.2) is 0 Å². The summed E-state index contributed by atoms with van der Waals surface area (Å²) in [7, 11) is 0. The second-order valence-corrected chi connectivity index (χ2v) is 9.96.